The molecule has 1 N–H and O–H groups in total. The zero-order valence-electron chi connectivity index (χ0n) is 17.6. The Hall–Kier alpha value is -3.61. The van der Waals surface area contributed by atoms with Crippen LogP contribution in [0.2, 0.25) is 10.0 Å². The van der Waals surface area contributed by atoms with Crippen molar-refractivity contribution in [3.8, 4) is 0 Å². The Kier molecular flexibility index (Phi) is 6.77. The number of rotatable bonds is 5. The van der Waals surface area contributed by atoms with Crippen molar-refractivity contribution in [2.24, 2.45) is 0 Å². The quantitative estimate of drug-likeness (QED) is 0.310. The van der Waals surface area contributed by atoms with E-state index in [4.69, 9.17) is 27.9 Å². The summed E-state index contributed by atoms with van der Waals surface area (Å²) in [5.41, 5.74) is 2.04. The normalized spacial score (nSPS) is 10.6. The fourth-order valence-electron chi connectivity index (χ4n) is 3.40. The van der Waals surface area contributed by atoms with Crippen LogP contribution in [0.1, 0.15) is 17.4 Å². The molecule has 0 saturated carbocycles. The molecule has 0 bridgehead atoms. The van der Waals surface area contributed by atoms with Crippen LogP contribution in [0.25, 0.3) is 10.9 Å². The third-order valence-corrected chi connectivity index (χ3v) is 5.30. The highest BCUT2D eigenvalue weighted by Crippen LogP contribution is 2.34. The van der Waals surface area contributed by atoms with Gasteiger partial charge in [0, 0.05) is 10.4 Å². The van der Waals surface area contributed by atoms with Crippen molar-refractivity contribution in [1.29, 1.82) is 0 Å². The number of benzene rings is 3. The lowest BCUT2D eigenvalue weighted by Crippen LogP contribution is -2.31. The van der Waals surface area contributed by atoms with Crippen LogP contribution in [0.5, 0.6) is 0 Å². The lowest BCUT2D eigenvalue weighted by atomic mass is 10.1. The van der Waals surface area contributed by atoms with Crippen LogP contribution in [0.15, 0.2) is 78.9 Å². The fourth-order valence-corrected chi connectivity index (χ4v) is 3.99. The lowest BCUT2D eigenvalue weighted by Gasteiger charge is -2.24. The number of carbonyl (C=O) groups is 2. The molecular formula is C25H19Cl2N3O3. The van der Waals surface area contributed by atoms with Crippen LogP contribution >= 0.6 is 23.2 Å². The Morgan fingerprint density at radius 2 is 1.55 bits per heavy atom. The standard InChI is InChI=1S/C25H19Cl2N3O3/c1-2-33-24(31)22-15-21(23-19(27)13-16(26)14-20(23)28-22)29-25(32)30(17-9-5-3-6-10-17)18-11-7-4-8-12-18/h3-15H,2H2,1H3,(H,28,29,32). The Labute approximate surface area is 200 Å². The topological polar surface area (TPSA) is 71.5 Å². The second-order valence-electron chi connectivity index (χ2n) is 6.99. The number of halogens is 2. The summed E-state index contributed by atoms with van der Waals surface area (Å²) >= 11 is 12.6. The van der Waals surface area contributed by atoms with Gasteiger partial charge in [-0.25, -0.2) is 14.6 Å². The molecule has 2 amide bonds. The van der Waals surface area contributed by atoms with Gasteiger partial charge in [-0.3, -0.25) is 4.90 Å². The van der Waals surface area contributed by atoms with E-state index >= 15 is 0 Å². The molecule has 0 fully saturated rings. The summed E-state index contributed by atoms with van der Waals surface area (Å²) < 4.78 is 5.09. The van der Waals surface area contributed by atoms with E-state index in [-0.39, 0.29) is 12.3 Å². The first kappa shape index (κ1) is 22.6. The molecular weight excluding hydrogens is 461 g/mol. The van der Waals surface area contributed by atoms with Gasteiger partial charge in [-0.15, -0.1) is 0 Å². The number of hydrogen-bond acceptors (Lipinski definition) is 4. The molecule has 33 heavy (non-hydrogen) atoms. The highest BCUT2D eigenvalue weighted by Gasteiger charge is 2.22. The first-order valence-corrected chi connectivity index (χ1v) is 10.9. The van der Waals surface area contributed by atoms with Crippen molar-refractivity contribution in [1.82, 2.24) is 4.98 Å². The molecule has 1 aromatic heterocycles. The van der Waals surface area contributed by atoms with Gasteiger partial charge in [0.15, 0.2) is 5.69 Å². The molecule has 4 rings (SSSR count). The maximum Gasteiger partial charge on any atom is 0.357 e. The summed E-state index contributed by atoms with van der Waals surface area (Å²) in [5, 5.41) is 4.00. The number of fused-ring (bicyclic) bond motifs is 1. The Morgan fingerprint density at radius 1 is 0.939 bits per heavy atom. The molecule has 0 aliphatic rings. The highest BCUT2D eigenvalue weighted by molar-refractivity contribution is 6.39. The number of para-hydroxylation sites is 2. The minimum atomic E-state index is -0.617. The van der Waals surface area contributed by atoms with Crippen LogP contribution < -0.4 is 10.2 Å². The third kappa shape index (κ3) is 4.92. The summed E-state index contributed by atoms with van der Waals surface area (Å²) in [4.78, 5) is 31.8. The van der Waals surface area contributed by atoms with Crippen LogP contribution in [-0.4, -0.2) is 23.6 Å². The van der Waals surface area contributed by atoms with E-state index in [1.54, 1.807) is 19.1 Å². The molecule has 0 spiro atoms. The Balaban J connectivity index is 1.82. The lowest BCUT2D eigenvalue weighted by molar-refractivity contribution is 0.0520. The van der Waals surface area contributed by atoms with E-state index in [1.165, 1.54) is 11.0 Å². The average Bonchev–Trinajstić information content (AvgIpc) is 2.80. The minimum Gasteiger partial charge on any atom is -0.461 e. The number of urea groups is 1. The maximum atomic E-state index is 13.6. The first-order valence-electron chi connectivity index (χ1n) is 10.2. The number of pyridine rings is 1. The first-order chi connectivity index (χ1) is 16.0. The number of hydrogen-bond donors (Lipinski definition) is 1. The molecule has 1 heterocycles. The van der Waals surface area contributed by atoms with Gasteiger partial charge in [0.2, 0.25) is 0 Å². The number of carbonyl (C=O) groups excluding carboxylic acids is 2. The van der Waals surface area contributed by atoms with Crippen LogP contribution in [-0.2, 0) is 4.74 Å². The minimum absolute atomic E-state index is 0.0314. The van der Waals surface area contributed by atoms with Crippen molar-refractivity contribution in [2.45, 2.75) is 6.92 Å². The molecule has 0 unspecified atom stereocenters. The van der Waals surface area contributed by atoms with Gasteiger partial charge in [-0.1, -0.05) is 59.6 Å². The number of amides is 2. The monoisotopic (exact) mass is 479 g/mol. The second kappa shape index (κ2) is 9.90. The molecule has 0 saturated heterocycles. The molecule has 3 aromatic carbocycles. The van der Waals surface area contributed by atoms with E-state index in [0.717, 1.165) is 0 Å². The SMILES string of the molecule is CCOC(=O)c1cc(NC(=O)N(c2ccccc2)c2ccccc2)c2c(Cl)cc(Cl)cc2n1. The van der Waals surface area contributed by atoms with Gasteiger partial charge < -0.3 is 10.1 Å². The summed E-state index contributed by atoms with van der Waals surface area (Å²) in [5.74, 6) is -0.617. The summed E-state index contributed by atoms with van der Waals surface area (Å²) in [7, 11) is 0. The zero-order valence-corrected chi connectivity index (χ0v) is 19.1. The Bertz CT molecular complexity index is 1280. The van der Waals surface area contributed by atoms with Gasteiger partial charge in [0.05, 0.1) is 34.2 Å². The number of anilines is 3. The summed E-state index contributed by atoms with van der Waals surface area (Å²) in [6, 6.07) is 22.6. The smallest absolute Gasteiger partial charge is 0.357 e. The van der Waals surface area contributed by atoms with Gasteiger partial charge in [0.25, 0.3) is 0 Å². The van der Waals surface area contributed by atoms with Crippen LogP contribution in [0, 0.1) is 0 Å². The molecule has 0 aliphatic carbocycles. The average molecular weight is 480 g/mol. The molecule has 6 nitrogen and oxygen atoms in total. The fraction of sp³-hybridized carbons (Fsp3) is 0.0800. The molecule has 166 valence electrons. The predicted octanol–water partition coefficient (Wildman–Crippen LogP) is 7.09. The van der Waals surface area contributed by atoms with Gasteiger partial charge in [-0.05, 0) is 49.4 Å². The van der Waals surface area contributed by atoms with Crippen molar-refractivity contribution >= 4 is 63.2 Å². The van der Waals surface area contributed by atoms with Crippen molar-refractivity contribution in [3.05, 3.63) is 94.6 Å². The van der Waals surface area contributed by atoms with Crippen molar-refractivity contribution in [2.75, 3.05) is 16.8 Å². The summed E-state index contributed by atoms with van der Waals surface area (Å²) in [6.45, 7) is 1.89. The number of nitrogens with zero attached hydrogens (tertiary/aromatic N) is 2. The number of aromatic nitrogens is 1. The summed E-state index contributed by atoms with van der Waals surface area (Å²) in [6.07, 6.45) is 0. The predicted molar refractivity (Wildman–Crippen MR) is 132 cm³/mol. The number of nitrogens with one attached hydrogen (secondary N) is 1. The molecule has 0 aliphatic heterocycles. The zero-order chi connectivity index (χ0) is 23.4. The van der Waals surface area contributed by atoms with Gasteiger partial charge in [0.1, 0.15) is 0 Å². The van der Waals surface area contributed by atoms with E-state index in [0.29, 0.717) is 38.0 Å². The van der Waals surface area contributed by atoms with E-state index < -0.39 is 12.0 Å². The molecule has 8 heteroatoms. The van der Waals surface area contributed by atoms with Crippen LogP contribution in [0.3, 0.4) is 0 Å². The Morgan fingerprint density at radius 3 is 2.12 bits per heavy atom. The maximum absolute atomic E-state index is 13.6. The van der Waals surface area contributed by atoms with E-state index in [2.05, 4.69) is 10.3 Å². The van der Waals surface area contributed by atoms with E-state index in [9.17, 15) is 9.59 Å². The molecule has 4 aromatic rings. The molecule has 0 atom stereocenters. The third-order valence-electron chi connectivity index (χ3n) is 4.78. The molecule has 0 radical (unpaired) electrons. The highest BCUT2D eigenvalue weighted by atomic mass is 35.5. The van der Waals surface area contributed by atoms with Crippen molar-refractivity contribution in [3.63, 3.8) is 0 Å². The van der Waals surface area contributed by atoms with Crippen molar-refractivity contribution < 1.29 is 14.3 Å². The largest absolute Gasteiger partial charge is 0.461 e. The number of ether oxygens (including phenoxy) is 1. The second-order valence-corrected chi connectivity index (χ2v) is 7.84. The van der Waals surface area contributed by atoms with E-state index in [1.807, 2.05) is 60.7 Å². The van der Waals surface area contributed by atoms with Crippen LogP contribution in [0.4, 0.5) is 21.9 Å². The van der Waals surface area contributed by atoms with Gasteiger partial charge in [-0.2, -0.15) is 0 Å². The van der Waals surface area contributed by atoms with Gasteiger partial charge >= 0.3 is 12.0 Å². The number of esters is 1.